The molecular formula is C17H35N3O2. The van der Waals surface area contributed by atoms with E-state index in [0.717, 1.165) is 64.4 Å². The second kappa shape index (κ2) is 11.7. The van der Waals surface area contributed by atoms with Crippen molar-refractivity contribution in [2.45, 2.75) is 40.0 Å². The molecule has 0 bridgehead atoms. The molecule has 0 unspecified atom stereocenters. The van der Waals surface area contributed by atoms with Crippen LogP contribution < -0.4 is 5.32 Å². The molecule has 1 saturated carbocycles. The monoisotopic (exact) mass is 313 g/mol. The molecule has 1 aliphatic rings. The summed E-state index contributed by atoms with van der Waals surface area (Å²) >= 11 is 0. The van der Waals surface area contributed by atoms with Crippen LogP contribution in [-0.2, 0) is 9.47 Å². The molecule has 1 fully saturated rings. The molecule has 0 saturated heterocycles. The normalized spacial score (nSPS) is 15.4. The van der Waals surface area contributed by atoms with Crippen molar-refractivity contribution in [2.24, 2.45) is 16.8 Å². The second-order valence-electron chi connectivity index (χ2n) is 6.50. The number of aliphatic imine (C=N–C) groups is 1. The Kier molecular flexibility index (Phi) is 10.2. The van der Waals surface area contributed by atoms with E-state index in [-0.39, 0.29) is 0 Å². The van der Waals surface area contributed by atoms with Crippen LogP contribution in [0.1, 0.15) is 40.0 Å². The minimum absolute atomic E-state index is 0.600. The van der Waals surface area contributed by atoms with Crippen molar-refractivity contribution >= 4 is 5.96 Å². The van der Waals surface area contributed by atoms with Gasteiger partial charge in [-0.15, -0.1) is 0 Å². The van der Waals surface area contributed by atoms with Gasteiger partial charge in [0.25, 0.3) is 0 Å². The van der Waals surface area contributed by atoms with Gasteiger partial charge < -0.3 is 19.7 Å². The summed E-state index contributed by atoms with van der Waals surface area (Å²) in [7, 11) is 2.07. The molecule has 0 heterocycles. The molecule has 0 radical (unpaired) electrons. The highest BCUT2D eigenvalue weighted by Crippen LogP contribution is 2.28. The van der Waals surface area contributed by atoms with Crippen LogP contribution in [-0.4, -0.2) is 64.0 Å². The van der Waals surface area contributed by atoms with Crippen molar-refractivity contribution in [1.29, 1.82) is 0 Å². The first-order valence-corrected chi connectivity index (χ1v) is 8.78. The van der Waals surface area contributed by atoms with E-state index in [1.54, 1.807) is 0 Å². The fraction of sp³-hybridized carbons (Fsp3) is 0.941. The standard InChI is InChI=1S/C17H35N3O2/c1-5-18-17(19-9-6-11-21-13-15(2)3)20(4)10-12-22-14-16-7-8-16/h15-16H,5-14H2,1-4H3,(H,18,19). The molecule has 5 nitrogen and oxygen atoms in total. The Hall–Kier alpha value is -0.810. The first-order chi connectivity index (χ1) is 10.6. The van der Waals surface area contributed by atoms with Crippen LogP contribution in [0.3, 0.4) is 0 Å². The molecule has 22 heavy (non-hydrogen) atoms. The molecule has 0 spiro atoms. The van der Waals surface area contributed by atoms with Gasteiger partial charge in [0.05, 0.1) is 6.61 Å². The zero-order valence-corrected chi connectivity index (χ0v) is 14.9. The van der Waals surface area contributed by atoms with E-state index in [9.17, 15) is 0 Å². The summed E-state index contributed by atoms with van der Waals surface area (Å²) in [6.45, 7) is 12.3. The van der Waals surface area contributed by atoms with Gasteiger partial charge in [0.15, 0.2) is 5.96 Å². The summed E-state index contributed by atoms with van der Waals surface area (Å²) in [6.07, 6.45) is 3.66. The molecule has 0 aromatic heterocycles. The van der Waals surface area contributed by atoms with Crippen molar-refractivity contribution in [3.63, 3.8) is 0 Å². The quantitative estimate of drug-likeness (QED) is 0.341. The number of ether oxygens (including phenoxy) is 2. The Morgan fingerprint density at radius 2 is 2.05 bits per heavy atom. The van der Waals surface area contributed by atoms with Crippen molar-refractivity contribution < 1.29 is 9.47 Å². The van der Waals surface area contributed by atoms with Crippen LogP contribution in [0.5, 0.6) is 0 Å². The van der Waals surface area contributed by atoms with Crippen molar-refractivity contribution in [2.75, 3.05) is 53.1 Å². The Morgan fingerprint density at radius 1 is 1.27 bits per heavy atom. The average molecular weight is 313 g/mol. The number of nitrogens with one attached hydrogen (secondary N) is 1. The lowest BCUT2D eigenvalue weighted by atomic mass is 10.2. The van der Waals surface area contributed by atoms with E-state index < -0.39 is 0 Å². The van der Waals surface area contributed by atoms with Crippen LogP contribution in [0.2, 0.25) is 0 Å². The molecule has 1 N–H and O–H groups in total. The second-order valence-corrected chi connectivity index (χ2v) is 6.50. The third kappa shape index (κ3) is 10.0. The van der Waals surface area contributed by atoms with Gasteiger partial charge in [0.1, 0.15) is 0 Å². The Balaban J connectivity index is 2.14. The van der Waals surface area contributed by atoms with Gasteiger partial charge in [-0.05, 0) is 38.0 Å². The Labute approximate surface area is 136 Å². The largest absolute Gasteiger partial charge is 0.381 e. The van der Waals surface area contributed by atoms with Gasteiger partial charge in [-0.1, -0.05) is 13.8 Å². The average Bonchev–Trinajstić information content (AvgIpc) is 3.29. The molecule has 1 aliphatic carbocycles. The van der Waals surface area contributed by atoms with Gasteiger partial charge >= 0.3 is 0 Å². The summed E-state index contributed by atoms with van der Waals surface area (Å²) in [6, 6.07) is 0. The summed E-state index contributed by atoms with van der Waals surface area (Å²) < 4.78 is 11.3. The molecule has 0 atom stereocenters. The highest BCUT2D eigenvalue weighted by molar-refractivity contribution is 5.79. The number of nitrogens with zero attached hydrogens (tertiary/aromatic N) is 2. The van der Waals surface area contributed by atoms with E-state index >= 15 is 0 Å². The zero-order chi connectivity index (χ0) is 16.2. The van der Waals surface area contributed by atoms with E-state index in [4.69, 9.17) is 9.47 Å². The number of rotatable bonds is 12. The number of hydrogen-bond donors (Lipinski definition) is 1. The number of likely N-dealkylation sites (N-methyl/N-ethyl adjacent to an activating group) is 1. The molecule has 0 aromatic carbocycles. The van der Waals surface area contributed by atoms with Gasteiger partial charge in [-0.2, -0.15) is 0 Å². The van der Waals surface area contributed by atoms with Crippen LogP contribution in [0, 0.1) is 11.8 Å². The summed E-state index contributed by atoms with van der Waals surface area (Å²) in [5.74, 6) is 2.39. The first kappa shape index (κ1) is 19.2. The van der Waals surface area contributed by atoms with E-state index in [1.807, 2.05) is 0 Å². The number of guanidine groups is 1. The minimum Gasteiger partial charge on any atom is -0.381 e. The maximum Gasteiger partial charge on any atom is 0.193 e. The van der Waals surface area contributed by atoms with E-state index in [2.05, 4.69) is 43.0 Å². The van der Waals surface area contributed by atoms with Crippen molar-refractivity contribution in [3.05, 3.63) is 0 Å². The molecular weight excluding hydrogens is 278 g/mol. The molecule has 130 valence electrons. The molecule has 0 aromatic rings. The third-order valence-electron chi connectivity index (χ3n) is 3.48. The summed E-state index contributed by atoms with van der Waals surface area (Å²) in [5.41, 5.74) is 0. The zero-order valence-electron chi connectivity index (χ0n) is 14.9. The fourth-order valence-electron chi connectivity index (χ4n) is 1.98. The van der Waals surface area contributed by atoms with Crippen LogP contribution in [0.15, 0.2) is 4.99 Å². The maximum atomic E-state index is 5.69. The molecule has 1 rings (SSSR count). The third-order valence-corrected chi connectivity index (χ3v) is 3.48. The van der Waals surface area contributed by atoms with Gasteiger partial charge in [0, 0.05) is 46.5 Å². The highest BCUT2D eigenvalue weighted by Gasteiger charge is 2.21. The smallest absolute Gasteiger partial charge is 0.193 e. The first-order valence-electron chi connectivity index (χ1n) is 8.78. The Bertz CT molecular complexity index is 304. The molecule has 5 heteroatoms. The summed E-state index contributed by atoms with van der Waals surface area (Å²) in [5, 5.41) is 3.33. The summed E-state index contributed by atoms with van der Waals surface area (Å²) in [4.78, 5) is 6.80. The lowest BCUT2D eigenvalue weighted by Crippen LogP contribution is -2.40. The van der Waals surface area contributed by atoms with Crippen LogP contribution in [0.4, 0.5) is 0 Å². The predicted octanol–water partition coefficient (Wildman–Crippen LogP) is 2.37. The molecule has 0 amide bonds. The van der Waals surface area contributed by atoms with E-state index in [0.29, 0.717) is 5.92 Å². The fourth-order valence-corrected chi connectivity index (χ4v) is 1.98. The predicted molar refractivity (Wildman–Crippen MR) is 92.4 cm³/mol. The SMILES string of the molecule is CCNC(=NCCCOCC(C)C)N(C)CCOCC1CC1. The van der Waals surface area contributed by atoms with E-state index in [1.165, 1.54) is 12.8 Å². The topological polar surface area (TPSA) is 46.1 Å². The number of hydrogen-bond acceptors (Lipinski definition) is 3. The lowest BCUT2D eigenvalue weighted by molar-refractivity contribution is 0.109. The highest BCUT2D eigenvalue weighted by atomic mass is 16.5. The van der Waals surface area contributed by atoms with Crippen molar-refractivity contribution in [3.8, 4) is 0 Å². The lowest BCUT2D eigenvalue weighted by Gasteiger charge is -2.22. The van der Waals surface area contributed by atoms with Crippen LogP contribution in [0.25, 0.3) is 0 Å². The van der Waals surface area contributed by atoms with Gasteiger partial charge in [0.2, 0.25) is 0 Å². The maximum absolute atomic E-state index is 5.69. The Morgan fingerprint density at radius 3 is 2.68 bits per heavy atom. The molecule has 0 aliphatic heterocycles. The van der Waals surface area contributed by atoms with Crippen LogP contribution >= 0.6 is 0 Å². The van der Waals surface area contributed by atoms with Gasteiger partial charge in [-0.25, -0.2) is 0 Å². The van der Waals surface area contributed by atoms with Crippen molar-refractivity contribution in [1.82, 2.24) is 10.2 Å². The van der Waals surface area contributed by atoms with Gasteiger partial charge in [-0.3, -0.25) is 4.99 Å². The minimum atomic E-state index is 0.600.